The van der Waals surface area contributed by atoms with E-state index in [1.165, 1.54) is 24.1 Å². The molecule has 2 aromatic rings. The van der Waals surface area contributed by atoms with Crippen LogP contribution in [0.25, 0.3) is 11.4 Å². The summed E-state index contributed by atoms with van der Waals surface area (Å²) >= 11 is 0. The molecule has 7 heteroatoms. The van der Waals surface area contributed by atoms with Crippen molar-refractivity contribution in [2.75, 3.05) is 19.0 Å². The topological polar surface area (TPSA) is 75.9 Å². The molecule has 1 aliphatic carbocycles. The molecule has 0 aliphatic heterocycles. The predicted molar refractivity (Wildman–Crippen MR) is 97.1 cm³/mol. The Morgan fingerprint density at radius 1 is 1.24 bits per heavy atom. The van der Waals surface area contributed by atoms with E-state index in [9.17, 15) is 4.79 Å². The third kappa shape index (κ3) is 4.35. The molecule has 0 bridgehead atoms. The van der Waals surface area contributed by atoms with Gasteiger partial charge in [-0.2, -0.15) is 4.80 Å². The van der Waals surface area contributed by atoms with Crippen molar-refractivity contribution in [2.24, 2.45) is 5.92 Å². The zero-order valence-electron chi connectivity index (χ0n) is 15.1. The third-order valence-corrected chi connectivity index (χ3v) is 4.84. The molecule has 1 aromatic carbocycles. The molecule has 3 rings (SSSR count). The number of hydrogen-bond donors (Lipinski definition) is 1. The third-order valence-electron chi connectivity index (χ3n) is 4.84. The van der Waals surface area contributed by atoms with E-state index in [1.54, 1.807) is 0 Å². The highest BCUT2D eigenvalue weighted by Gasteiger charge is 2.23. The Bertz CT molecular complexity index is 709. The summed E-state index contributed by atoms with van der Waals surface area (Å²) in [6.07, 6.45) is 4.68. The second kappa shape index (κ2) is 7.63. The fraction of sp³-hybridized carbons (Fsp3) is 0.556. The highest BCUT2D eigenvalue weighted by molar-refractivity contribution is 5.75. The first-order valence-corrected chi connectivity index (χ1v) is 8.88. The highest BCUT2D eigenvalue weighted by Crippen LogP contribution is 2.23. The average molecular weight is 342 g/mol. The summed E-state index contributed by atoms with van der Waals surface area (Å²) in [4.78, 5) is 15.6. The van der Waals surface area contributed by atoms with Gasteiger partial charge in [0.15, 0.2) is 0 Å². The van der Waals surface area contributed by atoms with Crippen LogP contribution in [0.3, 0.4) is 0 Å². The second-order valence-corrected chi connectivity index (χ2v) is 7.02. The Morgan fingerprint density at radius 3 is 2.64 bits per heavy atom. The first-order chi connectivity index (χ1) is 12.0. The lowest BCUT2D eigenvalue weighted by atomic mass is 9.86. The molecule has 25 heavy (non-hydrogen) atoms. The van der Waals surface area contributed by atoms with Gasteiger partial charge < -0.3 is 10.2 Å². The predicted octanol–water partition coefficient (Wildman–Crippen LogP) is 2.10. The van der Waals surface area contributed by atoms with E-state index in [1.807, 2.05) is 43.3 Å². The van der Waals surface area contributed by atoms with Crippen molar-refractivity contribution in [3.05, 3.63) is 24.3 Å². The van der Waals surface area contributed by atoms with Gasteiger partial charge in [-0.3, -0.25) is 4.79 Å². The number of rotatable bonds is 5. The van der Waals surface area contributed by atoms with Crippen LogP contribution in [0.15, 0.2) is 24.3 Å². The molecule has 1 saturated carbocycles. The Labute approximate surface area is 148 Å². The smallest absolute Gasteiger partial charge is 0.243 e. The van der Waals surface area contributed by atoms with E-state index in [4.69, 9.17) is 0 Å². The van der Waals surface area contributed by atoms with E-state index in [0.717, 1.165) is 17.7 Å². The zero-order valence-corrected chi connectivity index (χ0v) is 15.1. The van der Waals surface area contributed by atoms with E-state index in [-0.39, 0.29) is 18.5 Å². The Balaban J connectivity index is 1.60. The lowest BCUT2D eigenvalue weighted by molar-refractivity contribution is -0.123. The van der Waals surface area contributed by atoms with Crippen LogP contribution < -0.4 is 10.2 Å². The van der Waals surface area contributed by atoms with Crippen molar-refractivity contribution in [2.45, 2.75) is 45.2 Å². The van der Waals surface area contributed by atoms with Gasteiger partial charge >= 0.3 is 0 Å². The Morgan fingerprint density at radius 2 is 1.96 bits per heavy atom. The van der Waals surface area contributed by atoms with E-state index in [2.05, 4.69) is 27.7 Å². The highest BCUT2D eigenvalue weighted by atomic mass is 16.2. The molecular weight excluding hydrogens is 316 g/mol. The van der Waals surface area contributed by atoms with Crippen LogP contribution >= 0.6 is 0 Å². The van der Waals surface area contributed by atoms with Crippen LogP contribution in [0.1, 0.15) is 32.6 Å². The molecule has 1 fully saturated rings. The molecule has 7 nitrogen and oxygen atoms in total. The number of aromatic nitrogens is 4. The maximum Gasteiger partial charge on any atom is 0.243 e. The normalized spacial score (nSPS) is 20.3. The summed E-state index contributed by atoms with van der Waals surface area (Å²) in [5.41, 5.74) is 2.00. The van der Waals surface area contributed by atoms with E-state index in [0.29, 0.717) is 11.7 Å². The van der Waals surface area contributed by atoms with Crippen LogP contribution in [0.5, 0.6) is 0 Å². The van der Waals surface area contributed by atoms with Crippen LogP contribution in [0.4, 0.5) is 5.69 Å². The Hall–Kier alpha value is -2.44. The van der Waals surface area contributed by atoms with Crippen LogP contribution in [0.2, 0.25) is 0 Å². The number of nitrogens with one attached hydrogen (secondary N) is 1. The lowest BCUT2D eigenvalue weighted by Crippen LogP contribution is -2.42. The van der Waals surface area contributed by atoms with Crippen LogP contribution in [-0.2, 0) is 11.3 Å². The number of carbonyl (C=O) groups is 1. The lowest BCUT2D eigenvalue weighted by Gasteiger charge is -2.29. The summed E-state index contributed by atoms with van der Waals surface area (Å²) in [5.74, 6) is 1.02. The monoisotopic (exact) mass is 342 g/mol. The largest absolute Gasteiger partial charge is 0.378 e. The van der Waals surface area contributed by atoms with Gasteiger partial charge in [0.05, 0.1) is 0 Å². The van der Waals surface area contributed by atoms with Crippen LogP contribution in [-0.4, -0.2) is 46.3 Å². The fourth-order valence-electron chi connectivity index (χ4n) is 3.25. The molecule has 0 spiro atoms. The van der Waals surface area contributed by atoms with E-state index < -0.39 is 0 Å². The second-order valence-electron chi connectivity index (χ2n) is 7.02. The van der Waals surface area contributed by atoms with Crippen LogP contribution in [0, 0.1) is 5.92 Å². The maximum absolute atomic E-state index is 12.2. The minimum Gasteiger partial charge on any atom is -0.378 e. The number of hydrogen-bond acceptors (Lipinski definition) is 5. The van der Waals surface area contributed by atoms with Crippen molar-refractivity contribution in [3.63, 3.8) is 0 Å². The molecule has 0 saturated heterocycles. The molecule has 0 radical (unpaired) electrons. The summed E-state index contributed by atoms with van der Waals surface area (Å²) in [5, 5.41) is 15.5. The molecule has 134 valence electrons. The van der Waals surface area contributed by atoms with Gasteiger partial charge in [-0.05, 0) is 48.2 Å². The SMILES string of the molecule is C[C@@H]1CCCC[C@@H]1NC(=O)Cn1nnc(-c2ccc(N(C)C)cc2)n1. The van der Waals surface area contributed by atoms with Crippen molar-refractivity contribution < 1.29 is 4.79 Å². The first kappa shape index (κ1) is 17.4. The zero-order chi connectivity index (χ0) is 17.8. The van der Waals surface area contributed by atoms with Gasteiger partial charge in [-0.15, -0.1) is 10.2 Å². The number of carbonyl (C=O) groups excluding carboxylic acids is 1. The molecule has 1 amide bonds. The number of nitrogens with zero attached hydrogens (tertiary/aromatic N) is 5. The standard InChI is InChI=1S/C18H26N6O/c1-13-6-4-5-7-16(13)19-17(25)12-24-21-18(20-22-24)14-8-10-15(11-9-14)23(2)3/h8-11,13,16H,4-7,12H2,1-3H3,(H,19,25)/t13-,16+/m1/s1. The summed E-state index contributed by atoms with van der Waals surface area (Å²) in [7, 11) is 3.99. The number of anilines is 1. The Kier molecular flexibility index (Phi) is 5.31. The number of tetrazole rings is 1. The van der Waals surface area contributed by atoms with Gasteiger partial charge in [-0.25, -0.2) is 0 Å². The van der Waals surface area contributed by atoms with Gasteiger partial charge in [0.25, 0.3) is 0 Å². The molecule has 1 aliphatic rings. The van der Waals surface area contributed by atoms with Crippen molar-refractivity contribution in [1.82, 2.24) is 25.5 Å². The molecule has 1 heterocycles. The first-order valence-electron chi connectivity index (χ1n) is 8.88. The van der Waals surface area contributed by atoms with E-state index >= 15 is 0 Å². The quantitative estimate of drug-likeness (QED) is 0.900. The molecule has 1 N–H and O–H groups in total. The van der Waals surface area contributed by atoms with Crippen molar-refractivity contribution >= 4 is 11.6 Å². The summed E-state index contributed by atoms with van der Waals surface area (Å²) in [6, 6.07) is 8.20. The van der Waals surface area contributed by atoms with Gasteiger partial charge in [-0.1, -0.05) is 19.8 Å². The molecule has 1 aromatic heterocycles. The van der Waals surface area contributed by atoms with Gasteiger partial charge in [0.2, 0.25) is 11.7 Å². The average Bonchev–Trinajstić information content (AvgIpc) is 3.05. The van der Waals surface area contributed by atoms with Gasteiger partial charge in [0, 0.05) is 31.4 Å². The van der Waals surface area contributed by atoms with Crippen molar-refractivity contribution in [3.8, 4) is 11.4 Å². The number of amides is 1. The summed E-state index contributed by atoms with van der Waals surface area (Å²) < 4.78 is 0. The molecule has 2 atom stereocenters. The fourth-order valence-corrected chi connectivity index (χ4v) is 3.25. The minimum absolute atomic E-state index is 0.0503. The summed E-state index contributed by atoms with van der Waals surface area (Å²) in [6.45, 7) is 2.30. The maximum atomic E-state index is 12.2. The number of benzene rings is 1. The minimum atomic E-state index is -0.0503. The molecule has 0 unspecified atom stereocenters. The molecular formula is C18H26N6O. The van der Waals surface area contributed by atoms with Crippen molar-refractivity contribution in [1.29, 1.82) is 0 Å². The van der Waals surface area contributed by atoms with Gasteiger partial charge in [0.1, 0.15) is 6.54 Å².